The van der Waals surface area contributed by atoms with Crippen molar-refractivity contribution >= 4 is 11.3 Å². The van der Waals surface area contributed by atoms with E-state index in [4.69, 9.17) is 0 Å². The van der Waals surface area contributed by atoms with Crippen LogP contribution >= 0.6 is 11.3 Å². The topological polar surface area (TPSA) is 28.2 Å². The van der Waals surface area contributed by atoms with Crippen LogP contribution in [-0.4, -0.2) is 35.6 Å². The van der Waals surface area contributed by atoms with Crippen LogP contribution in [0, 0.1) is 6.92 Å². The van der Waals surface area contributed by atoms with E-state index in [1.807, 2.05) is 17.5 Å². The van der Waals surface area contributed by atoms with Gasteiger partial charge in [-0.05, 0) is 13.3 Å². The summed E-state index contributed by atoms with van der Waals surface area (Å²) in [6.07, 6.45) is 3.19. The number of hydrogen-bond acceptors (Lipinski definition) is 4. The first kappa shape index (κ1) is 11.0. The summed E-state index contributed by atoms with van der Waals surface area (Å²) < 4.78 is 0. The predicted octanol–water partition coefficient (Wildman–Crippen LogP) is 1.64. The molecule has 15 heavy (non-hydrogen) atoms. The molecule has 0 aliphatic carbocycles. The number of rotatable bonds is 3. The third kappa shape index (κ3) is 3.00. The minimum atomic E-state index is 0.666. The lowest BCUT2D eigenvalue weighted by Gasteiger charge is -2.32. The maximum Gasteiger partial charge on any atom is 0.107 e. The summed E-state index contributed by atoms with van der Waals surface area (Å²) in [6.45, 7) is 8.81. The van der Waals surface area contributed by atoms with Gasteiger partial charge >= 0.3 is 0 Å². The van der Waals surface area contributed by atoms with Crippen molar-refractivity contribution in [1.29, 1.82) is 0 Å². The molecule has 1 atom stereocenters. The largest absolute Gasteiger partial charge is 0.311 e. The number of nitrogens with zero attached hydrogens (tertiary/aromatic N) is 2. The Morgan fingerprint density at radius 3 is 3.20 bits per heavy atom. The van der Waals surface area contributed by atoms with Crippen LogP contribution in [0.25, 0.3) is 0 Å². The molecule has 2 heterocycles. The van der Waals surface area contributed by atoms with E-state index < -0.39 is 0 Å². The van der Waals surface area contributed by atoms with E-state index in [0.29, 0.717) is 6.04 Å². The van der Waals surface area contributed by atoms with E-state index in [2.05, 4.69) is 29.0 Å². The highest BCUT2D eigenvalue weighted by Crippen LogP contribution is 2.14. The van der Waals surface area contributed by atoms with Crippen LogP contribution in [0.1, 0.15) is 23.2 Å². The number of hydrogen-bond donors (Lipinski definition) is 1. The van der Waals surface area contributed by atoms with Gasteiger partial charge in [-0.25, -0.2) is 4.98 Å². The summed E-state index contributed by atoms with van der Waals surface area (Å²) in [6, 6.07) is 0.666. The summed E-state index contributed by atoms with van der Waals surface area (Å²) in [5.41, 5.74) is 0. The van der Waals surface area contributed by atoms with Gasteiger partial charge in [-0.3, -0.25) is 4.90 Å². The molecule has 0 aromatic carbocycles. The summed E-state index contributed by atoms with van der Waals surface area (Å²) >= 11 is 1.82. The number of aryl methyl sites for hydroxylation is 1. The van der Waals surface area contributed by atoms with E-state index in [1.54, 1.807) is 0 Å². The Morgan fingerprint density at radius 1 is 1.67 bits per heavy atom. The van der Waals surface area contributed by atoms with Crippen LogP contribution < -0.4 is 5.32 Å². The van der Waals surface area contributed by atoms with Crippen LogP contribution in [0.3, 0.4) is 0 Å². The van der Waals surface area contributed by atoms with Crippen molar-refractivity contribution < 1.29 is 0 Å². The first-order valence-corrected chi connectivity index (χ1v) is 6.46. The minimum Gasteiger partial charge on any atom is -0.311 e. The van der Waals surface area contributed by atoms with Crippen molar-refractivity contribution in [3.63, 3.8) is 0 Å². The Balaban J connectivity index is 1.88. The van der Waals surface area contributed by atoms with Crippen molar-refractivity contribution in [3.05, 3.63) is 16.1 Å². The molecule has 0 amide bonds. The highest BCUT2D eigenvalue weighted by atomic mass is 32.1. The van der Waals surface area contributed by atoms with Gasteiger partial charge in [-0.15, -0.1) is 11.3 Å². The highest BCUT2D eigenvalue weighted by molar-refractivity contribution is 7.11. The van der Waals surface area contributed by atoms with Crippen LogP contribution in [0.5, 0.6) is 0 Å². The molecule has 1 unspecified atom stereocenters. The Bertz CT molecular complexity index is 311. The molecule has 1 fully saturated rings. The standard InChI is InChI=1S/C11H19N3S/c1-3-10-7-14(5-4-12-10)8-11-13-6-9(2)15-11/h6,10,12H,3-5,7-8H2,1-2H3. The lowest BCUT2D eigenvalue weighted by Crippen LogP contribution is -2.49. The predicted molar refractivity (Wildman–Crippen MR) is 64.2 cm³/mol. The summed E-state index contributed by atoms with van der Waals surface area (Å²) in [5, 5.41) is 4.78. The minimum absolute atomic E-state index is 0.666. The highest BCUT2D eigenvalue weighted by Gasteiger charge is 2.18. The molecule has 1 aromatic heterocycles. The average molecular weight is 225 g/mol. The van der Waals surface area contributed by atoms with Crippen molar-refractivity contribution in [1.82, 2.24) is 15.2 Å². The number of thiazole rings is 1. The monoisotopic (exact) mass is 225 g/mol. The van der Waals surface area contributed by atoms with Crippen LogP contribution in [-0.2, 0) is 6.54 Å². The van der Waals surface area contributed by atoms with Gasteiger partial charge in [0.1, 0.15) is 5.01 Å². The Morgan fingerprint density at radius 2 is 2.53 bits per heavy atom. The molecule has 2 rings (SSSR count). The normalized spacial score (nSPS) is 23.2. The second-order valence-electron chi connectivity index (χ2n) is 4.16. The van der Waals surface area contributed by atoms with Gasteiger partial charge in [0.15, 0.2) is 0 Å². The Labute approximate surface area is 95.5 Å². The molecule has 1 aliphatic rings. The molecule has 0 radical (unpaired) electrons. The maximum atomic E-state index is 4.42. The van der Waals surface area contributed by atoms with Gasteiger partial charge < -0.3 is 5.32 Å². The third-order valence-corrected chi connectivity index (χ3v) is 3.76. The van der Waals surface area contributed by atoms with Crippen LogP contribution in [0.4, 0.5) is 0 Å². The van der Waals surface area contributed by atoms with Gasteiger partial charge in [0, 0.05) is 36.8 Å². The summed E-state index contributed by atoms with van der Waals surface area (Å²) in [7, 11) is 0. The smallest absolute Gasteiger partial charge is 0.107 e. The molecule has 3 nitrogen and oxygen atoms in total. The fraction of sp³-hybridized carbons (Fsp3) is 0.727. The molecular weight excluding hydrogens is 206 g/mol. The van der Waals surface area contributed by atoms with Crippen LogP contribution in [0.15, 0.2) is 6.20 Å². The molecule has 1 N–H and O–H groups in total. The third-order valence-electron chi connectivity index (χ3n) is 2.86. The second-order valence-corrected chi connectivity index (χ2v) is 5.48. The SMILES string of the molecule is CCC1CN(Cc2ncc(C)s2)CCN1. The van der Waals surface area contributed by atoms with E-state index in [-0.39, 0.29) is 0 Å². The number of aromatic nitrogens is 1. The quantitative estimate of drug-likeness (QED) is 0.847. The zero-order valence-corrected chi connectivity index (χ0v) is 10.3. The lowest BCUT2D eigenvalue weighted by molar-refractivity contribution is 0.190. The molecule has 1 aromatic rings. The van der Waals surface area contributed by atoms with Crippen molar-refractivity contribution in [2.24, 2.45) is 0 Å². The fourth-order valence-electron chi connectivity index (χ4n) is 1.98. The molecule has 4 heteroatoms. The van der Waals surface area contributed by atoms with Gasteiger partial charge in [-0.2, -0.15) is 0 Å². The van der Waals surface area contributed by atoms with E-state index in [9.17, 15) is 0 Å². The number of nitrogens with one attached hydrogen (secondary N) is 1. The van der Waals surface area contributed by atoms with Gasteiger partial charge in [0.05, 0.1) is 6.54 Å². The molecule has 1 aliphatic heterocycles. The second kappa shape index (κ2) is 5.05. The van der Waals surface area contributed by atoms with E-state index in [0.717, 1.165) is 26.2 Å². The van der Waals surface area contributed by atoms with Crippen molar-refractivity contribution in [3.8, 4) is 0 Å². The molecule has 1 saturated heterocycles. The summed E-state index contributed by atoms with van der Waals surface area (Å²) in [4.78, 5) is 8.23. The number of piperazine rings is 1. The van der Waals surface area contributed by atoms with E-state index in [1.165, 1.54) is 16.3 Å². The molecule has 0 bridgehead atoms. The van der Waals surface area contributed by atoms with Gasteiger partial charge in [0.2, 0.25) is 0 Å². The molecular formula is C11H19N3S. The first-order chi connectivity index (χ1) is 7.28. The Kier molecular flexibility index (Phi) is 3.72. The molecule has 0 saturated carbocycles. The van der Waals surface area contributed by atoms with Crippen LogP contribution in [0.2, 0.25) is 0 Å². The fourth-order valence-corrected chi connectivity index (χ4v) is 2.81. The summed E-state index contributed by atoms with van der Waals surface area (Å²) in [5.74, 6) is 0. The first-order valence-electron chi connectivity index (χ1n) is 5.65. The van der Waals surface area contributed by atoms with E-state index >= 15 is 0 Å². The molecule has 84 valence electrons. The maximum absolute atomic E-state index is 4.42. The molecule has 0 spiro atoms. The zero-order valence-electron chi connectivity index (χ0n) is 9.49. The van der Waals surface area contributed by atoms with Crippen molar-refractivity contribution in [2.75, 3.05) is 19.6 Å². The van der Waals surface area contributed by atoms with Gasteiger partial charge in [-0.1, -0.05) is 6.92 Å². The average Bonchev–Trinajstić information content (AvgIpc) is 2.64. The van der Waals surface area contributed by atoms with Crippen molar-refractivity contribution in [2.45, 2.75) is 32.9 Å². The lowest BCUT2D eigenvalue weighted by atomic mass is 10.1. The Hall–Kier alpha value is -0.450. The zero-order chi connectivity index (χ0) is 10.7. The van der Waals surface area contributed by atoms with Gasteiger partial charge in [0.25, 0.3) is 0 Å².